The fourth-order valence-corrected chi connectivity index (χ4v) is 3.85. The third kappa shape index (κ3) is 5.28. The van der Waals surface area contributed by atoms with Gasteiger partial charge in [0.05, 0.1) is 5.69 Å². The Kier molecular flexibility index (Phi) is 7.26. The molecule has 0 fully saturated rings. The summed E-state index contributed by atoms with van der Waals surface area (Å²) in [5.74, 6) is 0. The van der Waals surface area contributed by atoms with Crippen molar-refractivity contribution in [1.29, 1.82) is 0 Å². The number of carbonyl (C=O) groups excluding carboxylic acids is 1. The fraction of sp³-hybridized carbons (Fsp3) is 0.417. The van der Waals surface area contributed by atoms with Gasteiger partial charge in [-0.1, -0.05) is 35.7 Å². The molecule has 0 aliphatic heterocycles. The molecular formula is C12H15Br3N2O. The zero-order valence-electron chi connectivity index (χ0n) is 10.0. The van der Waals surface area contributed by atoms with Crippen molar-refractivity contribution in [2.45, 2.75) is 26.2 Å². The van der Waals surface area contributed by atoms with Gasteiger partial charge in [0.25, 0.3) is 0 Å². The van der Waals surface area contributed by atoms with Crippen LogP contribution in [-0.2, 0) is 0 Å². The Bertz CT molecular complexity index is 401. The van der Waals surface area contributed by atoms with Crippen LogP contribution in [0.3, 0.4) is 0 Å². The topological polar surface area (TPSA) is 41.1 Å². The molecule has 0 aliphatic rings. The Labute approximate surface area is 132 Å². The molecule has 18 heavy (non-hydrogen) atoms. The Morgan fingerprint density at radius 2 is 1.78 bits per heavy atom. The molecular weight excluding hydrogens is 428 g/mol. The molecule has 0 aromatic heterocycles. The minimum Gasteiger partial charge on any atom is -0.338 e. The van der Waals surface area contributed by atoms with Crippen molar-refractivity contribution < 1.29 is 4.79 Å². The molecule has 0 atom stereocenters. The highest BCUT2D eigenvalue weighted by Crippen LogP contribution is 2.34. The maximum Gasteiger partial charge on any atom is 0.319 e. The number of carbonyl (C=O) groups is 1. The monoisotopic (exact) mass is 440 g/mol. The average Bonchev–Trinajstić information content (AvgIpc) is 2.29. The number of amides is 2. The van der Waals surface area contributed by atoms with Crippen molar-refractivity contribution >= 4 is 59.5 Å². The summed E-state index contributed by atoms with van der Waals surface area (Å²) in [4.78, 5) is 11.7. The van der Waals surface area contributed by atoms with Gasteiger partial charge in [0, 0.05) is 20.0 Å². The van der Waals surface area contributed by atoms with Crippen LogP contribution in [0, 0.1) is 0 Å². The molecule has 0 saturated carbocycles. The van der Waals surface area contributed by atoms with E-state index in [1.54, 1.807) is 0 Å². The van der Waals surface area contributed by atoms with Crippen LogP contribution in [0.25, 0.3) is 0 Å². The van der Waals surface area contributed by atoms with Gasteiger partial charge in [-0.05, 0) is 50.4 Å². The summed E-state index contributed by atoms with van der Waals surface area (Å²) in [5.41, 5.74) is 0.728. The highest BCUT2D eigenvalue weighted by molar-refractivity contribution is 9.11. The van der Waals surface area contributed by atoms with Gasteiger partial charge in [-0.2, -0.15) is 0 Å². The second kappa shape index (κ2) is 8.17. The third-order valence-corrected chi connectivity index (χ3v) is 4.02. The summed E-state index contributed by atoms with van der Waals surface area (Å²) in [5, 5.41) is 5.65. The number of hydrogen-bond donors (Lipinski definition) is 2. The number of halogens is 3. The minimum atomic E-state index is -0.185. The van der Waals surface area contributed by atoms with E-state index in [0.29, 0.717) is 6.54 Å². The standard InChI is InChI=1S/C12H15Br3N2O/c1-2-3-4-5-16-12(18)17-11-9(14)6-8(13)7-10(11)15/h6-7H,2-5H2,1H3,(H2,16,17,18). The third-order valence-electron chi connectivity index (χ3n) is 2.31. The van der Waals surface area contributed by atoms with Crippen molar-refractivity contribution in [2.75, 3.05) is 11.9 Å². The average molecular weight is 443 g/mol. The number of anilines is 1. The van der Waals surface area contributed by atoms with Crippen LogP contribution in [0.15, 0.2) is 25.6 Å². The molecule has 2 N–H and O–H groups in total. The van der Waals surface area contributed by atoms with Gasteiger partial charge in [0.15, 0.2) is 0 Å². The molecule has 2 amide bonds. The van der Waals surface area contributed by atoms with E-state index in [1.165, 1.54) is 0 Å². The van der Waals surface area contributed by atoms with E-state index in [-0.39, 0.29) is 6.03 Å². The number of hydrogen-bond acceptors (Lipinski definition) is 1. The Morgan fingerprint density at radius 3 is 2.33 bits per heavy atom. The van der Waals surface area contributed by atoms with Crippen LogP contribution in [0.4, 0.5) is 10.5 Å². The van der Waals surface area contributed by atoms with E-state index in [9.17, 15) is 4.79 Å². The fourth-order valence-electron chi connectivity index (χ4n) is 1.40. The normalized spacial score (nSPS) is 10.2. The van der Waals surface area contributed by atoms with E-state index < -0.39 is 0 Å². The number of unbranched alkanes of at least 4 members (excludes halogenated alkanes) is 2. The first-order chi connectivity index (χ1) is 8.54. The Morgan fingerprint density at radius 1 is 1.17 bits per heavy atom. The summed E-state index contributed by atoms with van der Waals surface area (Å²) in [6.07, 6.45) is 3.28. The van der Waals surface area contributed by atoms with Gasteiger partial charge in [-0.15, -0.1) is 0 Å². The van der Waals surface area contributed by atoms with Gasteiger partial charge < -0.3 is 10.6 Å². The van der Waals surface area contributed by atoms with E-state index in [1.807, 2.05) is 12.1 Å². The Balaban J connectivity index is 2.54. The van der Waals surface area contributed by atoms with E-state index in [2.05, 4.69) is 65.3 Å². The maximum absolute atomic E-state index is 11.7. The lowest BCUT2D eigenvalue weighted by Crippen LogP contribution is -2.29. The highest BCUT2D eigenvalue weighted by Gasteiger charge is 2.09. The first kappa shape index (κ1) is 16.0. The summed E-state index contributed by atoms with van der Waals surface area (Å²) < 4.78 is 2.59. The molecule has 0 aliphatic carbocycles. The molecule has 0 radical (unpaired) electrons. The first-order valence-corrected chi connectivity index (χ1v) is 8.12. The molecule has 1 rings (SSSR count). The quantitative estimate of drug-likeness (QED) is 0.598. The molecule has 0 unspecified atom stereocenters. The zero-order valence-corrected chi connectivity index (χ0v) is 14.8. The highest BCUT2D eigenvalue weighted by atomic mass is 79.9. The van der Waals surface area contributed by atoms with E-state index in [4.69, 9.17) is 0 Å². The van der Waals surface area contributed by atoms with Gasteiger partial charge >= 0.3 is 6.03 Å². The van der Waals surface area contributed by atoms with Gasteiger partial charge in [0.2, 0.25) is 0 Å². The van der Waals surface area contributed by atoms with Crippen LogP contribution in [0.1, 0.15) is 26.2 Å². The second-order valence-electron chi connectivity index (χ2n) is 3.83. The van der Waals surface area contributed by atoms with Crippen molar-refractivity contribution in [3.8, 4) is 0 Å². The molecule has 3 nitrogen and oxygen atoms in total. The number of rotatable bonds is 5. The lowest BCUT2D eigenvalue weighted by atomic mass is 10.2. The van der Waals surface area contributed by atoms with Crippen LogP contribution < -0.4 is 10.6 Å². The predicted octanol–water partition coefficient (Wildman–Crippen LogP) is 5.29. The smallest absolute Gasteiger partial charge is 0.319 e. The van der Waals surface area contributed by atoms with Crippen molar-refractivity contribution in [1.82, 2.24) is 5.32 Å². The predicted molar refractivity (Wildman–Crippen MR) is 86.1 cm³/mol. The second-order valence-corrected chi connectivity index (χ2v) is 6.46. The molecule has 0 bridgehead atoms. The SMILES string of the molecule is CCCCCNC(=O)Nc1c(Br)cc(Br)cc1Br. The summed E-state index contributed by atoms with van der Waals surface area (Å²) in [7, 11) is 0. The summed E-state index contributed by atoms with van der Waals surface area (Å²) >= 11 is 10.2. The first-order valence-electron chi connectivity index (χ1n) is 5.74. The van der Waals surface area contributed by atoms with E-state index in [0.717, 1.165) is 38.4 Å². The minimum absolute atomic E-state index is 0.185. The maximum atomic E-state index is 11.7. The van der Waals surface area contributed by atoms with Crippen molar-refractivity contribution in [3.63, 3.8) is 0 Å². The summed E-state index contributed by atoms with van der Waals surface area (Å²) in [6.45, 7) is 2.83. The molecule has 0 spiro atoms. The molecule has 0 saturated heterocycles. The largest absolute Gasteiger partial charge is 0.338 e. The lowest BCUT2D eigenvalue weighted by molar-refractivity contribution is 0.252. The van der Waals surface area contributed by atoms with E-state index >= 15 is 0 Å². The Hall–Kier alpha value is -0.0700. The lowest BCUT2D eigenvalue weighted by Gasteiger charge is -2.11. The number of nitrogens with one attached hydrogen (secondary N) is 2. The van der Waals surface area contributed by atoms with Crippen LogP contribution in [0.2, 0.25) is 0 Å². The van der Waals surface area contributed by atoms with Crippen LogP contribution in [0.5, 0.6) is 0 Å². The molecule has 6 heteroatoms. The van der Waals surface area contributed by atoms with Crippen molar-refractivity contribution in [2.24, 2.45) is 0 Å². The number of benzene rings is 1. The molecule has 100 valence electrons. The molecule has 1 aromatic rings. The van der Waals surface area contributed by atoms with Crippen molar-refractivity contribution in [3.05, 3.63) is 25.6 Å². The zero-order chi connectivity index (χ0) is 13.5. The molecule has 0 heterocycles. The van der Waals surface area contributed by atoms with Gasteiger partial charge in [0.1, 0.15) is 0 Å². The number of urea groups is 1. The van der Waals surface area contributed by atoms with Gasteiger partial charge in [-0.3, -0.25) is 0 Å². The van der Waals surface area contributed by atoms with Gasteiger partial charge in [-0.25, -0.2) is 4.79 Å². The summed E-state index contributed by atoms with van der Waals surface area (Å²) in [6, 6.07) is 3.59. The molecule has 1 aromatic carbocycles. The van der Waals surface area contributed by atoms with Crippen LogP contribution >= 0.6 is 47.8 Å². The van der Waals surface area contributed by atoms with Crippen LogP contribution in [-0.4, -0.2) is 12.6 Å².